The summed E-state index contributed by atoms with van der Waals surface area (Å²) in [6.45, 7) is 7.65. The topological polar surface area (TPSA) is 52.4 Å². The Morgan fingerprint density at radius 1 is 1.58 bits per heavy atom. The highest BCUT2D eigenvalue weighted by molar-refractivity contribution is 4.77. The van der Waals surface area contributed by atoms with Gasteiger partial charge in [-0.15, -0.1) is 10.1 Å². The van der Waals surface area contributed by atoms with Crippen LogP contribution in [0.15, 0.2) is 0 Å². The molecule has 0 spiro atoms. The van der Waals surface area contributed by atoms with E-state index < -0.39 is 10.7 Å². The Hall–Kier alpha value is -0.800. The van der Waals surface area contributed by atoms with Crippen LogP contribution in [0.4, 0.5) is 0 Å². The largest absolute Gasteiger partial charge is 0.307 e. The van der Waals surface area contributed by atoms with Crippen LogP contribution in [0.25, 0.3) is 0 Å². The smallest absolute Gasteiger partial charge is 0.295 e. The molecule has 0 aromatic heterocycles. The summed E-state index contributed by atoms with van der Waals surface area (Å²) in [5.41, 5.74) is -0.627. The van der Waals surface area contributed by atoms with Crippen LogP contribution in [0.1, 0.15) is 40.5 Å². The van der Waals surface area contributed by atoms with Gasteiger partial charge in [-0.3, -0.25) is 0 Å². The molecule has 4 heteroatoms. The molecule has 0 N–H and O–H groups in total. The van der Waals surface area contributed by atoms with Crippen LogP contribution in [0.2, 0.25) is 0 Å². The molecular weight excluding hydrogens is 158 g/mol. The highest BCUT2D eigenvalue weighted by Gasteiger charge is 2.32. The van der Waals surface area contributed by atoms with E-state index in [2.05, 4.69) is 4.84 Å². The lowest BCUT2D eigenvalue weighted by atomic mass is 9.86. The molecule has 0 amide bonds. The maximum Gasteiger partial charge on any atom is 0.295 e. The van der Waals surface area contributed by atoms with Crippen LogP contribution >= 0.6 is 0 Å². The fourth-order valence-corrected chi connectivity index (χ4v) is 1.11. The highest BCUT2D eigenvalue weighted by Crippen LogP contribution is 2.27. The maximum absolute atomic E-state index is 10.2. The molecule has 0 radical (unpaired) electrons. The van der Waals surface area contributed by atoms with Crippen LogP contribution in [0, 0.1) is 16.0 Å². The zero-order valence-corrected chi connectivity index (χ0v) is 8.16. The number of hydrogen-bond acceptors (Lipinski definition) is 3. The number of hydrogen-bond donors (Lipinski definition) is 0. The average Bonchev–Trinajstić information content (AvgIpc) is 2.01. The van der Waals surface area contributed by atoms with Crippen molar-refractivity contribution in [3.05, 3.63) is 10.1 Å². The summed E-state index contributed by atoms with van der Waals surface area (Å²) in [6.07, 6.45) is 1.54. The fourth-order valence-electron chi connectivity index (χ4n) is 1.11. The molecule has 0 aromatic rings. The highest BCUT2D eigenvalue weighted by atomic mass is 17.0. The number of nitrogens with zero attached hydrogens (tertiary/aromatic N) is 1. The molecule has 0 aliphatic heterocycles. The lowest BCUT2D eigenvalue weighted by Crippen LogP contribution is -2.37. The normalized spacial score (nSPS) is 18.0. The van der Waals surface area contributed by atoms with Crippen LogP contribution in [-0.4, -0.2) is 10.7 Å². The average molecular weight is 175 g/mol. The molecule has 0 aromatic carbocycles. The van der Waals surface area contributed by atoms with E-state index in [-0.39, 0.29) is 5.92 Å². The first-order valence-electron chi connectivity index (χ1n) is 4.29. The Kier molecular flexibility index (Phi) is 4.00. The van der Waals surface area contributed by atoms with Crippen LogP contribution in [0.5, 0.6) is 0 Å². The van der Waals surface area contributed by atoms with Gasteiger partial charge in [-0.25, -0.2) is 0 Å². The first-order chi connectivity index (χ1) is 5.46. The third-order valence-electron chi connectivity index (χ3n) is 2.64. The minimum absolute atomic E-state index is 0.202. The van der Waals surface area contributed by atoms with Gasteiger partial charge in [-0.05, 0) is 19.3 Å². The molecule has 0 aliphatic carbocycles. The van der Waals surface area contributed by atoms with Gasteiger partial charge >= 0.3 is 0 Å². The first kappa shape index (κ1) is 11.2. The maximum atomic E-state index is 10.2. The third kappa shape index (κ3) is 2.68. The summed E-state index contributed by atoms with van der Waals surface area (Å²) in [4.78, 5) is 14.8. The molecule has 2 unspecified atom stereocenters. The van der Waals surface area contributed by atoms with Crippen molar-refractivity contribution < 1.29 is 9.92 Å². The molecular formula is C8H17NO3. The summed E-state index contributed by atoms with van der Waals surface area (Å²) < 4.78 is 0. The predicted molar refractivity (Wildman–Crippen MR) is 46.2 cm³/mol. The molecule has 0 saturated carbocycles. The fraction of sp³-hybridized carbons (Fsp3) is 1.00. The van der Waals surface area contributed by atoms with Gasteiger partial charge < -0.3 is 4.84 Å². The van der Waals surface area contributed by atoms with Gasteiger partial charge in [-0.2, -0.15) is 0 Å². The van der Waals surface area contributed by atoms with E-state index in [1.807, 2.05) is 20.8 Å². The van der Waals surface area contributed by atoms with Crippen molar-refractivity contribution in [2.45, 2.75) is 46.1 Å². The van der Waals surface area contributed by atoms with Crippen molar-refractivity contribution in [2.75, 3.05) is 0 Å². The Morgan fingerprint density at radius 2 is 2.08 bits per heavy atom. The first-order valence-corrected chi connectivity index (χ1v) is 4.29. The SMILES string of the molecule is CCC(C)C(C)(CC)O[N+](=O)[O-]. The Labute approximate surface area is 73.0 Å². The van der Waals surface area contributed by atoms with Gasteiger partial charge in [0.1, 0.15) is 5.60 Å². The van der Waals surface area contributed by atoms with E-state index in [4.69, 9.17) is 0 Å². The summed E-state index contributed by atoms with van der Waals surface area (Å²) in [7, 11) is 0. The molecule has 2 atom stereocenters. The molecule has 12 heavy (non-hydrogen) atoms. The van der Waals surface area contributed by atoms with E-state index >= 15 is 0 Å². The second-order valence-electron chi connectivity index (χ2n) is 3.29. The van der Waals surface area contributed by atoms with E-state index in [0.717, 1.165) is 6.42 Å². The van der Waals surface area contributed by atoms with Crippen molar-refractivity contribution in [3.63, 3.8) is 0 Å². The molecule has 0 rings (SSSR count). The second-order valence-corrected chi connectivity index (χ2v) is 3.29. The molecule has 0 fully saturated rings. The third-order valence-corrected chi connectivity index (χ3v) is 2.64. The Bertz CT molecular complexity index is 160. The van der Waals surface area contributed by atoms with Gasteiger partial charge in [0.2, 0.25) is 0 Å². The number of rotatable bonds is 5. The van der Waals surface area contributed by atoms with E-state index in [1.54, 1.807) is 6.92 Å². The monoisotopic (exact) mass is 175 g/mol. The standard InChI is InChI=1S/C8H17NO3/c1-5-7(3)8(4,6-2)12-9(10)11/h7H,5-6H2,1-4H3. The van der Waals surface area contributed by atoms with Crippen molar-refractivity contribution in [1.29, 1.82) is 0 Å². The van der Waals surface area contributed by atoms with Crippen LogP contribution < -0.4 is 0 Å². The zero-order valence-electron chi connectivity index (χ0n) is 8.16. The lowest BCUT2D eigenvalue weighted by molar-refractivity contribution is -0.783. The van der Waals surface area contributed by atoms with Crippen molar-refractivity contribution in [1.82, 2.24) is 0 Å². The minimum Gasteiger partial charge on any atom is -0.307 e. The van der Waals surface area contributed by atoms with Gasteiger partial charge in [0.25, 0.3) is 5.09 Å². The molecule has 0 aliphatic rings. The second kappa shape index (κ2) is 4.28. The minimum atomic E-state index is -0.699. The van der Waals surface area contributed by atoms with Gasteiger partial charge in [0.05, 0.1) is 0 Å². The van der Waals surface area contributed by atoms with Gasteiger partial charge in [0.15, 0.2) is 0 Å². The van der Waals surface area contributed by atoms with Crippen LogP contribution in [-0.2, 0) is 4.84 Å². The molecule has 4 nitrogen and oxygen atoms in total. The van der Waals surface area contributed by atoms with E-state index in [1.165, 1.54) is 0 Å². The van der Waals surface area contributed by atoms with Crippen molar-refractivity contribution in [2.24, 2.45) is 5.92 Å². The van der Waals surface area contributed by atoms with Gasteiger partial charge in [-0.1, -0.05) is 27.2 Å². The Balaban J connectivity index is 4.32. The van der Waals surface area contributed by atoms with E-state index in [9.17, 15) is 10.1 Å². The van der Waals surface area contributed by atoms with Crippen molar-refractivity contribution >= 4 is 0 Å². The lowest BCUT2D eigenvalue weighted by Gasteiger charge is -2.31. The molecule has 72 valence electrons. The summed E-state index contributed by atoms with van der Waals surface area (Å²) in [5.74, 6) is 0.202. The van der Waals surface area contributed by atoms with Crippen molar-refractivity contribution in [3.8, 4) is 0 Å². The van der Waals surface area contributed by atoms with E-state index in [0.29, 0.717) is 6.42 Å². The summed E-state index contributed by atoms with van der Waals surface area (Å²) in [6, 6.07) is 0. The predicted octanol–water partition coefficient (Wildman–Crippen LogP) is 2.41. The quantitative estimate of drug-likeness (QED) is 0.476. The molecule has 0 heterocycles. The molecule has 0 saturated heterocycles. The zero-order chi connectivity index (χ0) is 9.78. The summed E-state index contributed by atoms with van der Waals surface area (Å²) in [5, 5.41) is 9.48. The van der Waals surface area contributed by atoms with Crippen LogP contribution in [0.3, 0.4) is 0 Å². The summed E-state index contributed by atoms with van der Waals surface area (Å²) >= 11 is 0. The Morgan fingerprint density at radius 3 is 2.33 bits per heavy atom. The molecule has 0 bridgehead atoms. The van der Waals surface area contributed by atoms with Gasteiger partial charge in [0, 0.05) is 0 Å².